The summed E-state index contributed by atoms with van der Waals surface area (Å²) in [6, 6.07) is 8.12. The van der Waals surface area contributed by atoms with E-state index in [4.69, 9.17) is 21.3 Å². The molecule has 0 spiro atoms. The van der Waals surface area contributed by atoms with Crippen LogP contribution in [0.1, 0.15) is 13.3 Å². The molecule has 0 aromatic heterocycles. The minimum absolute atomic E-state index is 0. The fraction of sp³-hybridized carbons (Fsp3) is 0.650. The molecule has 2 fully saturated rings. The topological polar surface area (TPSA) is 43.3 Å². The first-order chi connectivity index (χ1) is 13.3. The van der Waals surface area contributed by atoms with Crippen LogP contribution in [0.3, 0.4) is 0 Å². The standard InChI is InChI=1S/C20H32ClN5O.HI/c1-2-22-20(23-7-4-8-24-13-15-27-16-14-24)26-11-9-25(10-12-26)19-6-3-5-18(21)17-19;/h3,5-6,17H,2,4,7-16H2,1H3,(H,22,23);1H. The fourth-order valence-corrected chi connectivity index (χ4v) is 3.76. The van der Waals surface area contributed by atoms with Gasteiger partial charge in [0.15, 0.2) is 5.96 Å². The summed E-state index contributed by atoms with van der Waals surface area (Å²) in [6.45, 7) is 12.8. The molecule has 1 aromatic carbocycles. The van der Waals surface area contributed by atoms with Crippen LogP contribution < -0.4 is 10.2 Å². The summed E-state index contributed by atoms with van der Waals surface area (Å²) in [5.74, 6) is 1.05. The monoisotopic (exact) mass is 521 g/mol. The first-order valence-electron chi connectivity index (χ1n) is 10.1. The normalized spacial score (nSPS) is 18.7. The zero-order valence-electron chi connectivity index (χ0n) is 16.8. The number of morpholine rings is 1. The van der Waals surface area contributed by atoms with Gasteiger partial charge in [-0.2, -0.15) is 0 Å². The number of aliphatic imine (C=N–C) groups is 1. The third-order valence-electron chi connectivity index (χ3n) is 5.09. The maximum absolute atomic E-state index is 6.13. The maximum Gasteiger partial charge on any atom is 0.194 e. The lowest BCUT2D eigenvalue weighted by atomic mass is 10.2. The average molecular weight is 522 g/mol. The summed E-state index contributed by atoms with van der Waals surface area (Å²) in [5, 5.41) is 4.25. The van der Waals surface area contributed by atoms with Crippen molar-refractivity contribution < 1.29 is 4.74 Å². The van der Waals surface area contributed by atoms with Crippen LogP contribution in [-0.4, -0.2) is 87.9 Å². The number of ether oxygens (including phenoxy) is 1. The molecule has 2 aliphatic rings. The van der Waals surface area contributed by atoms with Gasteiger partial charge in [-0.1, -0.05) is 17.7 Å². The van der Waals surface area contributed by atoms with Crippen molar-refractivity contribution in [3.63, 3.8) is 0 Å². The Morgan fingerprint density at radius 1 is 1.14 bits per heavy atom. The molecule has 0 radical (unpaired) electrons. The number of hydrogen-bond donors (Lipinski definition) is 1. The SMILES string of the molecule is CCNC(=NCCCN1CCOCC1)N1CCN(c2cccc(Cl)c2)CC1.I. The summed E-state index contributed by atoms with van der Waals surface area (Å²) in [5.41, 5.74) is 1.20. The number of anilines is 1. The number of nitrogens with one attached hydrogen (secondary N) is 1. The summed E-state index contributed by atoms with van der Waals surface area (Å²) < 4.78 is 5.41. The lowest BCUT2D eigenvalue weighted by Gasteiger charge is -2.37. The van der Waals surface area contributed by atoms with E-state index in [0.717, 1.165) is 89.5 Å². The third kappa shape index (κ3) is 7.24. The molecule has 0 saturated carbocycles. The summed E-state index contributed by atoms with van der Waals surface area (Å²) in [6.07, 6.45) is 1.09. The molecule has 0 atom stereocenters. The lowest BCUT2D eigenvalue weighted by Crippen LogP contribution is -2.52. The maximum atomic E-state index is 6.13. The molecule has 1 N–H and O–H groups in total. The lowest BCUT2D eigenvalue weighted by molar-refractivity contribution is 0.0377. The van der Waals surface area contributed by atoms with Gasteiger partial charge in [-0.25, -0.2) is 0 Å². The van der Waals surface area contributed by atoms with Crippen LogP contribution in [0, 0.1) is 0 Å². The molecule has 2 saturated heterocycles. The molecular formula is C20H33ClIN5O. The molecule has 0 unspecified atom stereocenters. The van der Waals surface area contributed by atoms with Crippen LogP contribution in [0.25, 0.3) is 0 Å². The van der Waals surface area contributed by atoms with E-state index >= 15 is 0 Å². The van der Waals surface area contributed by atoms with Gasteiger partial charge in [-0.15, -0.1) is 24.0 Å². The fourth-order valence-electron chi connectivity index (χ4n) is 3.58. The van der Waals surface area contributed by atoms with E-state index in [1.807, 2.05) is 18.2 Å². The Kier molecular flexibility index (Phi) is 10.7. The molecule has 158 valence electrons. The Labute approximate surface area is 191 Å². The molecule has 2 aliphatic heterocycles. The summed E-state index contributed by atoms with van der Waals surface area (Å²) >= 11 is 6.13. The van der Waals surface area contributed by atoms with Crippen molar-refractivity contribution in [1.29, 1.82) is 0 Å². The van der Waals surface area contributed by atoms with Gasteiger partial charge in [0.1, 0.15) is 0 Å². The number of guanidine groups is 1. The van der Waals surface area contributed by atoms with E-state index in [0.29, 0.717) is 0 Å². The Morgan fingerprint density at radius 2 is 1.89 bits per heavy atom. The van der Waals surface area contributed by atoms with Gasteiger partial charge in [0, 0.05) is 69.6 Å². The van der Waals surface area contributed by atoms with Crippen LogP contribution in [-0.2, 0) is 4.74 Å². The second-order valence-electron chi connectivity index (χ2n) is 7.00. The molecule has 0 amide bonds. The van der Waals surface area contributed by atoms with E-state index in [-0.39, 0.29) is 24.0 Å². The Hall–Kier alpha value is -0.770. The Bertz CT molecular complexity index is 604. The zero-order valence-corrected chi connectivity index (χ0v) is 19.9. The van der Waals surface area contributed by atoms with Crippen molar-refractivity contribution in [3.05, 3.63) is 29.3 Å². The molecule has 6 nitrogen and oxygen atoms in total. The van der Waals surface area contributed by atoms with Gasteiger partial charge >= 0.3 is 0 Å². The predicted octanol–water partition coefficient (Wildman–Crippen LogP) is 2.77. The number of hydrogen-bond acceptors (Lipinski definition) is 4. The first kappa shape index (κ1) is 23.5. The quantitative estimate of drug-likeness (QED) is 0.270. The molecule has 28 heavy (non-hydrogen) atoms. The van der Waals surface area contributed by atoms with Crippen LogP contribution in [0.4, 0.5) is 5.69 Å². The van der Waals surface area contributed by atoms with Gasteiger partial charge in [-0.3, -0.25) is 9.89 Å². The smallest absolute Gasteiger partial charge is 0.194 e. The van der Waals surface area contributed by atoms with Gasteiger partial charge in [-0.05, 0) is 31.5 Å². The van der Waals surface area contributed by atoms with Crippen LogP contribution in [0.2, 0.25) is 5.02 Å². The third-order valence-corrected chi connectivity index (χ3v) is 5.32. The first-order valence-corrected chi connectivity index (χ1v) is 10.5. The van der Waals surface area contributed by atoms with Crippen molar-refractivity contribution in [2.75, 3.05) is 77.0 Å². The minimum Gasteiger partial charge on any atom is -0.379 e. The van der Waals surface area contributed by atoms with E-state index in [1.165, 1.54) is 5.69 Å². The molecule has 2 heterocycles. The Balaban J connectivity index is 0.00000280. The molecular weight excluding hydrogens is 489 g/mol. The van der Waals surface area contributed by atoms with Crippen molar-refractivity contribution in [1.82, 2.24) is 15.1 Å². The second-order valence-corrected chi connectivity index (χ2v) is 7.43. The van der Waals surface area contributed by atoms with E-state index in [9.17, 15) is 0 Å². The van der Waals surface area contributed by atoms with E-state index in [1.54, 1.807) is 0 Å². The highest BCUT2D eigenvalue weighted by Gasteiger charge is 2.20. The highest BCUT2D eigenvalue weighted by atomic mass is 127. The van der Waals surface area contributed by atoms with E-state index in [2.05, 4.69) is 33.0 Å². The van der Waals surface area contributed by atoms with Crippen molar-refractivity contribution in [2.45, 2.75) is 13.3 Å². The summed E-state index contributed by atoms with van der Waals surface area (Å²) in [7, 11) is 0. The number of halogens is 2. The predicted molar refractivity (Wildman–Crippen MR) is 129 cm³/mol. The van der Waals surface area contributed by atoms with Crippen LogP contribution >= 0.6 is 35.6 Å². The largest absolute Gasteiger partial charge is 0.379 e. The number of piperazine rings is 1. The highest BCUT2D eigenvalue weighted by Crippen LogP contribution is 2.20. The van der Waals surface area contributed by atoms with Gasteiger partial charge in [0.2, 0.25) is 0 Å². The summed E-state index contributed by atoms with van der Waals surface area (Å²) in [4.78, 5) is 12.1. The highest BCUT2D eigenvalue weighted by molar-refractivity contribution is 14.0. The zero-order chi connectivity index (χ0) is 18.9. The molecule has 3 rings (SSSR count). The Morgan fingerprint density at radius 3 is 2.57 bits per heavy atom. The van der Waals surface area contributed by atoms with Gasteiger partial charge in [0.25, 0.3) is 0 Å². The van der Waals surface area contributed by atoms with Gasteiger partial charge < -0.3 is 19.9 Å². The number of benzene rings is 1. The van der Waals surface area contributed by atoms with Crippen molar-refractivity contribution >= 4 is 47.2 Å². The molecule has 1 aromatic rings. The van der Waals surface area contributed by atoms with Crippen molar-refractivity contribution in [3.8, 4) is 0 Å². The molecule has 0 aliphatic carbocycles. The molecule has 0 bridgehead atoms. The van der Waals surface area contributed by atoms with Gasteiger partial charge in [0.05, 0.1) is 13.2 Å². The number of nitrogens with zero attached hydrogens (tertiary/aromatic N) is 4. The van der Waals surface area contributed by atoms with Crippen LogP contribution in [0.15, 0.2) is 29.3 Å². The average Bonchev–Trinajstić information content (AvgIpc) is 2.71. The molecule has 8 heteroatoms. The minimum atomic E-state index is 0. The van der Waals surface area contributed by atoms with E-state index < -0.39 is 0 Å². The van der Waals surface area contributed by atoms with Crippen LogP contribution in [0.5, 0.6) is 0 Å². The number of rotatable bonds is 6. The second kappa shape index (κ2) is 12.7. The van der Waals surface area contributed by atoms with Crippen molar-refractivity contribution in [2.24, 2.45) is 4.99 Å².